The van der Waals surface area contributed by atoms with E-state index < -0.39 is 98.5 Å². The third-order valence-corrected chi connectivity index (χ3v) is 7.62. The predicted octanol–water partition coefficient (Wildman–Crippen LogP) is -1.62. The summed E-state index contributed by atoms with van der Waals surface area (Å²) in [5, 5.41) is 55.5. The highest BCUT2D eigenvalue weighted by Gasteiger charge is 2.52. The molecule has 47 heavy (non-hydrogen) atoms. The van der Waals surface area contributed by atoms with Gasteiger partial charge in [-0.25, -0.2) is 9.59 Å². The van der Waals surface area contributed by atoms with Gasteiger partial charge < -0.3 is 64.2 Å². The van der Waals surface area contributed by atoms with Gasteiger partial charge in [-0.2, -0.15) is 0 Å². The summed E-state index contributed by atoms with van der Waals surface area (Å²) in [6.07, 6.45) is -13.2. The average Bonchev–Trinajstić information content (AvgIpc) is 2.98. The molecule has 0 aromatic heterocycles. The summed E-state index contributed by atoms with van der Waals surface area (Å²) in [7, 11) is 3.76. The van der Waals surface area contributed by atoms with Crippen LogP contribution in [0.15, 0.2) is 0 Å². The van der Waals surface area contributed by atoms with Gasteiger partial charge in [0.2, 0.25) is 0 Å². The number of carboxylic acids is 1. The van der Waals surface area contributed by atoms with E-state index in [1.54, 1.807) is 34.6 Å². The summed E-state index contributed by atoms with van der Waals surface area (Å²) in [6, 6.07) is -0.558. The van der Waals surface area contributed by atoms with Gasteiger partial charge in [-0.05, 0) is 53.8 Å². The van der Waals surface area contributed by atoms with E-state index in [0.29, 0.717) is 19.5 Å². The van der Waals surface area contributed by atoms with Crippen molar-refractivity contribution in [3.8, 4) is 0 Å². The lowest BCUT2D eigenvalue weighted by Crippen LogP contribution is -2.65. The number of nitrogens with zero attached hydrogens (tertiary/aromatic N) is 2. The lowest BCUT2D eigenvalue weighted by molar-refractivity contribution is -0.349. The van der Waals surface area contributed by atoms with E-state index in [-0.39, 0.29) is 25.7 Å². The standard InChI is InChI=1S/C30H55N3O14/c1-8-31-30(41)33(11-9-10-32(6)7)20(34)14-42-12-18-28(23(38)22(37)26(45-18)16(2)3)47-29-25(40)24(39)27(44-17(4)5)19(46-29)13-43-15-21(35)36/h16-19,22-29,37-40H,8-15H2,1-7H3,(H,31,41)(H,35,36). The number of carbonyl (C=O) groups is 3. The van der Waals surface area contributed by atoms with Crippen LogP contribution >= 0.6 is 0 Å². The zero-order chi connectivity index (χ0) is 35.4. The van der Waals surface area contributed by atoms with Crippen molar-refractivity contribution in [3.63, 3.8) is 0 Å². The summed E-state index contributed by atoms with van der Waals surface area (Å²) in [5.41, 5.74) is 0. The number of imide groups is 1. The number of hydrogen-bond acceptors (Lipinski definition) is 14. The van der Waals surface area contributed by atoms with Gasteiger partial charge in [0.1, 0.15) is 62.0 Å². The number of aliphatic hydroxyl groups excluding tert-OH is 4. The summed E-state index contributed by atoms with van der Waals surface area (Å²) in [6.45, 7) is 8.02. The van der Waals surface area contributed by atoms with Crippen LogP contribution in [0.2, 0.25) is 0 Å². The molecule has 0 spiro atoms. The Morgan fingerprint density at radius 2 is 1.43 bits per heavy atom. The molecule has 0 aromatic rings. The maximum absolute atomic E-state index is 13.0. The fourth-order valence-corrected chi connectivity index (χ4v) is 5.35. The normalized spacial score (nSPS) is 31.4. The maximum atomic E-state index is 13.0. The Morgan fingerprint density at radius 1 is 0.830 bits per heavy atom. The zero-order valence-corrected chi connectivity index (χ0v) is 28.4. The van der Waals surface area contributed by atoms with Crippen molar-refractivity contribution in [3.05, 3.63) is 0 Å². The van der Waals surface area contributed by atoms with Crippen LogP contribution in [0.5, 0.6) is 0 Å². The maximum Gasteiger partial charge on any atom is 0.329 e. The van der Waals surface area contributed by atoms with Crippen LogP contribution in [0, 0.1) is 5.92 Å². The Balaban J connectivity index is 2.22. The van der Waals surface area contributed by atoms with Crippen molar-refractivity contribution >= 4 is 17.9 Å². The number of carboxylic acid groups (broad SMARTS) is 1. The van der Waals surface area contributed by atoms with Gasteiger partial charge in [-0.3, -0.25) is 9.69 Å². The molecule has 0 saturated carbocycles. The van der Waals surface area contributed by atoms with E-state index in [9.17, 15) is 34.8 Å². The van der Waals surface area contributed by atoms with Gasteiger partial charge in [-0.15, -0.1) is 0 Å². The number of aliphatic carboxylic acids is 1. The number of hydrogen-bond donors (Lipinski definition) is 6. The molecule has 2 aliphatic heterocycles. The number of nitrogens with one attached hydrogen (secondary N) is 1. The minimum absolute atomic E-state index is 0.163. The lowest BCUT2D eigenvalue weighted by Gasteiger charge is -2.48. The van der Waals surface area contributed by atoms with Crippen molar-refractivity contribution in [1.29, 1.82) is 0 Å². The molecule has 2 fully saturated rings. The monoisotopic (exact) mass is 681 g/mol. The minimum Gasteiger partial charge on any atom is -0.480 e. The fraction of sp³-hybridized carbons (Fsp3) is 0.900. The van der Waals surface area contributed by atoms with Crippen molar-refractivity contribution in [2.45, 2.75) is 108 Å². The third-order valence-electron chi connectivity index (χ3n) is 7.62. The second-order valence-corrected chi connectivity index (χ2v) is 12.6. The van der Waals surface area contributed by atoms with E-state index in [0.717, 1.165) is 4.90 Å². The average molecular weight is 682 g/mol. The molecule has 3 amide bonds. The third kappa shape index (κ3) is 12.4. The van der Waals surface area contributed by atoms with Crippen LogP contribution in [0.25, 0.3) is 0 Å². The minimum atomic E-state index is -1.70. The van der Waals surface area contributed by atoms with Crippen molar-refractivity contribution in [2.75, 3.05) is 60.2 Å². The van der Waals surface area contributed by atoms with Crippen LogP contribution in [0.3, 0.4) is 0 Å². The Morgan fingerprint density at radius 3 is 1.98 bits per heavy atom. The quantitative estimate of drug-likeness (QED) is 0.0956. The SMILES string of the molecule is CCNC(=O)N(CCCN(C)C)C(=O)COCC1OC(C(C)C)C(O)C(O)C1OC1OC(COCC(=O)O)C(OC(C)C)C(O)C1O. The molecule has 0 aliphatic carbocycles. The van der Waals surface area contributed by atoms with Gasteiger partial charge in [0.05, 0.1) is 25.4 Å². The molecule has 10 unspecified atom stereocenters. The molecule has 0 bridgehead atoms. The van der Waals surface area contributed by atoms with Crippen LogP contribution < -0.4 is 5.32 Å². The number of amides is 3. The first kappa shape index (κ1) is 41.1. The smallest absolute Gasteiger partial charge is 0.329 e. The Bertz CT molecular complexity index is 972. The molecule has 274 valence electrons. The van der Waals surface area contributed by atoms with Gasteiger partial charge in [0.15, 0.2) is 6.29 Å². The Labute approximate surface area is 276 Å². The van der Waals surface area contributed by atoms with Crippen LogP contribution in [-0.2, 0) is 38.0 Å². The van der Waals surface area contributed by atoms with Gasteiger partial charge in [-0.1, -0.05) is 13.8 Å². The van der Waals surface area contributed by atoms with E-state index in [1.807, 2.05) is 19.0 Å². The molecule has 2 saturated heterocycles. The number of ether oxygens (including phenoxy) is 6. The lowest BCUT2D eigenvalue weighted by atomic mass is 9.89. The van der Waals surface area contributed by atoms with Crippen molar-refractivity contribution in [1.82, 2.24) is 15.1 Å². The molecule has 2 aliphatic rings. The highest BCUT2D eigenvalue weighted by molar-refractivity contribution is 5.95. The second kappa shape index (κ2) is 19.8. The topological polar surface area (TPSA) is 226 Å². The van der Waals surface area contributed by atoms with Gasteiger partial charge in [0, 0.05) is 13.1 Å². The summed E-state index contributed by atoms with van der Waals surface area (Å²) in [4.78, 5) is 39.6. The molecule has 17 heteroatoms. The summed E-state index contributed by atoms with van der Waals surface area (Å²) < 4.78 is 34.5. The van der Waals surface area contributed by atoms with E-state index in [4.69, 9.17) is 33.5 Å². The number of urea groups is 1. The van der Waals surface area contributed by atoms with E-state index in [1.165, 1.54) is 0 Å². The Hall–Kier alpha value is -2.03. The zero-order valence-electron chi connectivity index (χ0n) is 28.4. The fourth-order valence-electron chi connectivity index (χ4n) is 5.35. The van der Waals surface area contributed by atoms with Crippen LogP contribution in [0.4, 0.5) is 4.79 Å². The molecule has 6 N–H and O–H groups in total. The number of carbonyl (C=O) groups excluding carboxylic acids is 2. The molecule has 2 rings (SSSR count). The molecule has 17 nitrogen and oxygen atoms in total. The largest absolute Gasteiger partial charge is 0.480 e. The first-order valence-electron chi connectivity index (χ1n) is 16.0. The van der Waals surface area contributed by atoms with Crippen LogP contribution in [-0.4, -0.2) is 181 Å². The molecular weight excluding hydrogens is 626 g/mol. The predicted molar refractivity (Wildman–Crippen MR) is 164 cm³/mol. The second-order valence-electron chi connectivity index (χ2n) is 12.6. The molecule has 0 aromatic carbocycles. The molecule has 0 radical (unpaired) electrons. The summed E-state index contributed by atoms with van der Waals surface area (Å²) >= 11 is 0. The highest BCUT2D eigenvalue weighted by Crippen LogP contribution is 2.32. The van der Waals surface area contributed by atoms with E-state index in [2.05, 4.69) is 5.32 Å². The number of aliphatic hydroxyl groups is 4. The first-order valence-corrected chi connectivity index (χ1v) is 16.0. The number of rotatable bonds is 18. The molecule has 10 atom stereocenters. The molecule has 2 heterocycles. The van der Waals surface area contributed by atoms with Gasteiger partial charge >= 0.3 is 12.0 Å². The Kier molecular flexibility index (Phi) is 17.4. The van der Waals surface area contributed by atoms with Crippen LogP contribution in [0.1, 0.15) is 41.0 Å². The van der Waals surface area contributed by atoms with Gasteiger partial charge in [0.25, 0.3) is 5.91 Å². The van der Waals surface area contributed by atoms with Crippen molar-refractivity contribution in [2.24, 2.45) is 5.92 Å². The summed E-state index contributed by atoms with van der Waals surface area (Å²) in [5.74, 6) is -2.08. The highest BCUT2D eigenvalue weighted by atomic mass is 16.7. The van der Waals surface area contributed by atoms with Crippen molar-refractivity contribution < 1.29 is 68.3 Å². The first-order chi connectivity index (χ1) is 22.1. The van der Waals surface area contributed by atoms with E-state index >= 15 is 0 Å². The molecular formula is C30H55N3O14.